The van der Waals surface area contributed by atoms with Gasteiger partial charge in [0.1, 0.15) is 23.4 Å². The van der Waals surface area contributed by atoms with Gasteiger partial charge in [-0.2, -0.15) is 10.1 Å². The highest BCUT2D eigenvalue weighted by atomic mass is 16.5. The first-order valence-electron chi connectivity index (χ1n) is 14.9. The number of amides is 2. The molecule has 4 rings (SSSR count). The molecule has 1 aromatic carbocycles. The molecular formula is C28H38N12O6. The summed E-state index contributed by atoms with van der Waals surface area (Å²) in [7, 11) is 0. The van der Waals surface area contributed by atoms with Crippen LogP contribution < -0.4 is 22.1 Å². The van der Waals surface area contributed by atoms with E-state index < -0.39 is 0 Å². The first-order valence-corrected chi connectivity index (χ1v) is 14.9. The zero-order valence-electron chi connectivity index (χ0n) is 25.4. The molecule has 0 aliphatic carbocycles. The van der Waals surface area contributed by atoms with Crippen molar-refractivity contribution in [3.63, 3.8) is 0 Å². The summed E-state index contributed by atoms with van der Waals surface area (Å²) in [6, 6.07) is 5.54. The number of nitrogen functional groups attached to an aromatic ring is 2. The van der Waals surface area contributed by atoms with E-state index >= 15 is 0 Å². The molecule has 6 N–H and O–H groups in total. The van der Waals surface area contributed by atoms with Crippen LogP contribution in [0.2, 0.25) is 0 Å². The normalized spacial score (nSPS) is 11.1. The van der Waals surface area contributed by atoms with Gasteiger partial charge in [0, 0.05) is 49.5 Å². The fourth-order valence-electron chi connectivity index (χ4n) is 4.45. The number of aromatic nitrogens is 5. The second kappa shape index (κ2) is 18.1. The van der Waals surface area contributed by atoms with Crippen LogP contribution in [0.25, 0.3) is 43.8 Å². The minimum absolute atomic E-state index is 0.0847. The molecule has 0 unspecified atom stereocenters. The maximum absolute atomic E-state index is 12.2. The molecule has 0 atom stereocenters. The van der Waals surface area contributed by atoms with Crippen LogP contribution in [0.1, 0.15) is 25.7 Å². The first kappa shape index (κ1) is 33.9. The smallest absolute Gasteiger partial charge is 0.292 e. The van der Waals surface area contributed by atoms with Gasteiger partial charge in [-0.1, -0.05) is 5.11 Å². The Bertz CT molecular complexity index is 1630. The summed E-state index contributed by atoms with van der Waals surface area (Å²) in [6.45, 7) is 3.92. The summed E-state index contributed by atoms with van der Waals surface area (Å²) in [5.74, 6) is -0.0949. The molecule has 18 heteroatoms. The van der Waals surface area contributed by atoms with Gasteiger partial charge < -0.3 is 40.7 Å². The molecule has 0 bridgehead atoms. The lowest BCUT2D eigenvalue weighted by Gasteiger charge is -2.08. The van der Waals surface area contributed by atoms with Crippen LogP contribution >= 0.6 is 0 Å². The lowest BCUT2D eigenvalue weighted by molar-refractivity contribution is -0.126. The minimum atomic E-state index is -0.221. The van der Waals surface area contributed by atoms with Gasteiger partial charge in [0.05, 0.1) is 45.0 Å². The second-order valence-corrected chi connectivity index (χ2v) is 9.96. The van der Waals surface area contributed by atoms with E-state index in [1.54, 1.807) is 10.7 Å². The fourth-order valence-corrected chi connectivity index (χ4v) is 4.45. The van der Waals surface area contributed by atoms with E-state index in [0.717, 1.165) is 12.0 Å². The zero-order chi connectivity index (χ0) is 32.6. The van der Waals surface area contributed by atoms with E-state index in [2.05, 4.69) is 35.6 Å². The Morgan fingerprint density at radius 3 is 2.43 bits per heavy atom. The number of rotatable bonds is 21. The van der Waals surface area contributed by atoms with Gasteiger partial charge in [-0.05, 0) is 36.6 Å². The van der Waals surface area contributed by atoms with E-state index in [0.29, 0.717) is 106 Å². The number of hydrogen-bond acceptors (Lipinski definition) is 13. The molecule has 0 saturated carbocycles. The Hall–Kier alpha value is -5.03. The van der Waals surface area contributed by atoms with Crippen molar-refractivity contribution in [3.05, 3.63) is 35.0 Å². The molecule has 18 nitrogen and oxygen atoms in total. The summed E-state index contributed by atoms with van der Waals surface area (Å²) in [5.41, 5.74) is 23.2. The average molecular weight is 639 g/mol. The molecule has 0 radical (unpaired) electrons. The van der Waals surface area contributed by atoms with Gasteiger partial charge in [0.2, 0.25) is 11.8 Å². The van der Waals surface area contributed by atoms with Crippen molar-refractivity contribution in [1.82, 2.24) is 35.4 Å². The summed E-state index contributed by atoms with van der Waals surface area (Å²) in [6.07, 6.45) is 3.00. The number of carbonyl (C=O) groups excluding carboxylic acids is 2. The Labute approximate surface area is 263 Å². The Kier molecular flexibility index (Phi) is 13.3. The van der Waals surface area contributed by atoms with E-state index in [4.69, 9.17) is 40.7 Å². The highest BCUT2D eigenvalue weighted by Crippen LogP contribution is 2.32. The zero-order valence-corrected chi connectivity index (χ0v) is 25.4. The predicted octanol–water partition coefficient (Wildman–Crippen LogP) is 1.95. The van der Waals surface area contributed by atoms with Gasteiger partial charge in [0.15, 0.2) is 11.2 Å². The SMILES string of the molecule is [N-]=[N+]=NCCOCCOCCOCCNC(=O)CCC(=O)NCCCCn1nc(-c2ccc3oc(N)nc3c2)c2c(N)ncnc21. The molecule has 3 aromatic heterocycles. The fraction of sp³-hybridized carbons (Fsp3) is 0.500. The van der Waals surface area contributed by atoms with Crippen LogP contribution in [-0.2, 0) is 30.3 Å². The second-order valence-electron chi connectivity index (χ2n) is 9.96. The van der Waals surface area contributed by atoms with Crippen LogP contribution in [-0.4, -0.2) is 95.8 Å². The Balaban J connectivity index is 1.08. The number of nitrogens with zero attached hydrogens (tertiary/aromatic N) is 8. The highest BCUT2D eigenvalue weighted by Gasteiger charge is 2.18. The molecule has 0 aliphatic rings. The van der Waals surface area contributed by atoms with E-state index in [1.807, 2.05) is 12.1 Å². The van der Waals surface area contributed by atoms with Crippen molar-refractivity contribution >= 4 is 45.8 Å². The van der Waals surface area contributed by atoms with E-state index in [-0.39, 0.29) is 30.7 Å². The van der Waals surface area contributed by atoms with Crippen molar-refractivity contribution in [1.29, 1.82) is 0 Å². The lowest BCUT2D eigenvalue weighted by atomic mass is 10.1. The van der Waals surface area contributed by atoms with Gasteiger partial charge in [0.25, 0.3) is 6.01 Å². The third kappa shape index (κ3) is 10.3. The standard InChI is InChI=1S/C28H38N12O6/c29-26-24-25(19-3-4-21-20(17-19)37-28(30)46-21)38-40(27(24)35-18-34-26)10-2-1-7-32-22(41)5-6-23(42)33-8-11-43-13-15-45-16-14-44-12-9-36-39-31/h3-4,17-18H,1-2,5-16H2,(H2,30,37)(H,32,41)(H,33,42)(H2,29,34,35). The first-order chi connectivity index (χ1) is 22.5. The molecule has 0 spiro atoms. The number of carbonyl (C=O) groups is 2. The van der Waals surface area contributed by atoms with Crippen LogP contribution in [0.5, 0.6) is 0 Å². The molecule has 46 heavy (non-hydrogen) atoms. The van der Waals surface area contributed by atoms with Crippen LogP contribution in [0.4, 0.5) is 11.8 Å². The van der Waals surface area contributed by atoms with E-state index in [1.165, 1.54) is 6.33 Å². The molecule has 0 saturated heterocycles. The molecule has 2 amide bonds. The number of anilines is 2. The quantitative estimate of drug-likeness (QED) is 0.0442. The van der Waals surface area contributed by atoms with Crippen molar-refractivity contribution in [2.24, 2.45) is 5.11 Å². The van der Waals surface area contributed by atoms with E-state index in [9.17, 15) is 9.59 Å². The summed E-state index contributed by atoms with van der Waals surface area (Å²) >= 11 is 0. The summed E-state index contributed by atoms with van der Waals surface area (Å²) in [5, 5.41) is 14.3. The van der Waals surface area contributed by atoms with Gasteiger partial charge >= 0.3 is 0 Å². The number of ether oxygens (including phenoxy) is 3. The lowest BCUT2D eigenvalue weighted by Crippen LogP contribution is -2.30. The maximum Gasteiger partial charge on any atom is 0.292 e. The van der Waals surface area contributed by atoms with Crippen molar-refractivity contribution in [3.8, 4) is 11.3 Å². The van der Waals surface area contributed by atoms with Crippen molar-refractivity contribution in [2.45, 2.75) is 32.2 Å². The van der Waals surface area contributed by atoms with Crippen LogP contribution in [0.15, 0.2) is 34.1 Å². The number of nitrogens with two attached hydrogens (primary N) is 2. The summed E-state index contributed by atoms with van der Waals surface area (Å²) in [4.78, 5) is 39.6. The topological polar surface area (TPSA) is 256 Å². The molecule has 4 aromatic rings. The molecule has 3 heterocycles. The van der Waals surface area contributed by atoms with Gasteiger partial charge in [-0.15, -0.1) is 0 Å². The molecular weight excluding hydrogens is 600 g/mol. The van der Waals surface area contributed by atoms with Crippen LogP contribution in [0.3, 0.4) is 0 Å². The number of unbranched alkanes of at least 4 members (excludes halogenated alkanes) is 1. The Morgan fingerprint density at radius 2 is 1.67 bits per heavy atom. The largest absolute Gasteiger partial charge is 0.424 e. The minimum Gasteiger partial charge on any atom is -0.424 e. The number of benzene rings is 1. The Morgan fingerprint density at radius 1 is 0.957 bits per heavy atom. The molecule has 0 fully saturated rings. The number of nitrogens with one attached hydrogen (secondary N) is 2. The number of hydrogen-bond donors (Lipinski definition) is 4. The molecule has 0 aliphatic heterocycles. The number of aryl methyl sites for hydroxylation is 1. The summed E-state index contributed by atoms with van der Waals surface area (Å²) < 4.78 is 23.1. The molecule has 246 valence electrons. The van der Waals surface area contributed by atoms with Gasteiger partial charge in [-0.3, -0.25) is 9.59 Å². The van der Waals surface area contributed by atoms with Crippen LogP contribution in [0, 0.1) is 0 Å². The predicted molar refractivity (Wildman–Crippen MR) is 168 cm³/mol. The third-order valence-electron chi connectivity index (χ3n) is 6.65. The number of fused-ring (bicyclic) bond motifs is 2. The van der Waals surface area contributed by atoms with Crippen molar-refractivity contribution < 1.29 is 28.2 Å². The number of azide groups is 1. The van der Waals surface area contributed by atoms with Crippen molar-refractivity contribution in [2.75, 3.05) is 70.7 Å². The maximum atomic E-state index is 12.2. The van der Waals surface area contributed by atoms with Gasteiger partial charge in [-0.25, -0.2) is 14.6 Å². The number of oxazole rings is 1. The average Bonchev–Trinajstić information content (AvgIpc) is 3.62. The third-order valence-corrected chi connectivity index (χ3v) is 6.65. The monoisotopic (exact) mass is 638 g/mol. The highest BCUT2D eigenvalue weighted by molar-refractivity contribution is 5.99.